The summed E-state index contributed by atoms with van der Waals surface area (Å²) in [4.78, 5) is 0. The highest BCUT2D eigenvalue weighted by Crippen LogP contribution is 2.53. The van der Waals surface area contributed by atoms with Gasteiger partial charge in [-0.25, -0.2) is 0 Å². The number of hydrogen-bond donors (Lipinski definition) is 4. The monoisotopic (exact) mass is 450 g/mol. The minimum Gasteiger partial charge on any atom is -0.423 e. The van der Waals surface area contributed by atoms with E-state index in [2.05, 4.69) is 13.8 Å². The predicted octanol–water partition coefficient (Wildman–Crippen LogP) is 4.03. The third-order valence-electron chi connectivity index (χ3n) is 7.42. The number of rotatable bonds is 14. The highest BCUT2D eigenvalue weighted by molar-refractivity contribution is 6.59. The predicted molar refractivity (Wildman–Crippen MR) is 139 cm³/mol. The lowest BCUT2D eigenvalue weighted by Crippen LogP contribution is -2.34. The van der Waals surface area contributed by atoms with Gasteiger partial charge in [0.15, 0.2) is 0 Å². The molecule has 2 aromatic carbocycles. The Bertz CT molecular complexity index is 824. The Balaban J connectivity index is 2.04. The number of unbranched alkanes of at least 4 members (excludes halogenated alkanes) is 8. The van der Waals surface area contributed by atoms with Crippen molar-refractivity contribution in [3.63, 3.8) is 0 Å². The van der Waals surface area contributed by atoms with E-state index in [1.807, 2.05) is 24.3 Å². The Morgan fingerprint density at radius 3 is 1.33 bits per heavy atom. The van der Waals surface area contributed by atoms with Gasteiger partial charge in [0, 0.05) is 5.41 Å². The van der Waals surface area contributed by atoms with Gasteiger partial charge in [0.1, 0.15) is 0 Å². The summed E-state index contributed by atoms with van der Waals surface area (Å²) in [5.41, 5.74) is 5.40. The molecule has 33 heavy (non-hydrogen) atoms. The zero-order chi connectivity index (χ0) is 23.8. The van der Waals surface area contributed by atoms with Crippen LogP contribution in [0.5, 0.6) is 0 Å². The second kappa shape index (κ2) is 12.2. The average molecular weight is 450 g/mol. The first kappa shape index (κ1) is 26.0. The van der Waals surface area contributed by atoms with E-state index in [1.165, 1.54) is 62.5 Å². The van der Waals surface area contributed by atoms with Crippen molar-refractivity contribution in [3.05, 3.63) is 47.5 Å². The average Bonchev–Trinajstić information content (AvgIpc) is 3.07. The SMILES string of the molecule is CCCCCCCC1(CCCCCCC)c2cc(B(O)O)ccc2-c2ccc(B(O)O)cc21. The lowest BCUT2D eigenvalue weighted by atomic mass is 9.67. The molecule has 0 saturated heterocycles. The Morgan fingerprint density at radius 1 is 0.576 bits per heavy atom. The minimum absolute atomic E-state index is 0.237. The number of fused-ring (bicyclic) bond motifs is 3. The molecule has 178 valence electrons. The van der Waals surface area contributed by atoms with Crippen LogP contribution in [0.1, 0.15) is 102 Å². The molecule has 1 aliphatic carbocycles. The Morgan fingerprint density at radius 2 is 0.970 bits per heavy atom. The summed E-state index contributed by atoms with van der Waals surface area (Å²) >= 11 is 0. The van der Waals surface area contributed by atoms with Crippen molar-refractivity contribution >= 4 is 25.2 Å². The Kier molecular flexibility index (Phi) is 9.63. The quantitative estimate of drug-likeness (QED) is 0.259. The molecule has 0 heterocycles. The first-order valence-corrected chi connectivity index (χ1v) is 13.0. The summed E-state index contributed by atoms with van der Waals surface area (Å²) in [6.07, 6.45) is 13.9. The third-order valence-corrected chi connectivity index (χ3v) is 7.42. The molecule has 0 fully saturated rings. The molecule has 4 nitrogen and oxygen atoms in total. The van der Waals surface area contributed by atoms with E-state index >= 15 is 0 Å². The van der Waals surface area contributed by atoms with Gasteiger partial charge in [-0.15, -0.1) is 0 Å². The highest BCUT2D eigenvalue weighted by atomic mass is 16.4. The van der Waals surface area contributed by atoms with Crippen molar-refractivity contribution in [2.24, 2.45) is 0 Å². The maximum atomic E-state index is 9.89. The van der Waals surface area contributed by atoms with Crippen molar-refractivity contribution < 1.29 is 20.1 Å². The molecule has 0 unspecified atom stereocenters. The van der Waals surface area contributed by atoms with E-state index in [1.54, 1.807) is 12.1 Å². The van der Waals surface area contributed by atoms with Gasteiger partial charge in [-0.05, 0) is 46.0 Å². The van der Waals surface area contributed by atoms with Gasteiger partial charge < -0.3 is 20.1 Å². The fraction of sp³-hybridized carbons (Fsp3) is 0.556. The highest BCUT2D eigenvalue weighted by Gasteiger charge is 2.43. The van der Waals surface area contributed by atoms with Gasteiger partial charge in [-0.2, -0.15) is 0 Å². The lowest BCUT2D eigenvalue weighted by molar-refractivity contribution is 0.398. The zero-order valence-electron chi connectivity index (χ0n) is 20.4. The molecule has 3 rings (SSSR count). The van der Waals surface area contributed by atoms with E-state index in [0.717, 1.165) is 36.8 Å². The fourth-order valence-corrected chi connectivity index (χ4v) is 5.58. The van der Waals surface area contributed by atoms with Crippen molar-refractivity contribution in [2.75, 3.05) is 0 Å². The summed E-state index contributed by atoms with van der Waals surface area (Å²) < 4.78 is 0. The molecular formula is C27H40B2O4. The van der Waals surface area contributed by atoms with Crippen molar-refractivity contribution in [1.29, 1.82) is 0 Å². The first-order chi connectivity index (χ1) is 15.9. The molecule has 0 atom stereocenters. The Labute approximate surface area is 200 Å². The molecule has 4 N–H and O–H groups in total. The molecule has 0 spiro atoms. The minimum atomic E-state index is -1.50. The lowest BCUT2D eigenvalue weighted by Gasteiger charge is -2.33. The molecular weight excluding hydrogens is 410 g/mol. The second-order valence-corrected chi connectivity index (χ2v) is 9.77. The smallest absolute Gasteiger partial charge is 0.423 e. The molecule has 0 saturated carbocycles. The number of hydrogen-bond acceptors (Lipinski definition) is 4. The summed E-state index contributed by atoms with van der Waals surface area (Å²) in [6.45, 7) is 4.45. The molecule has 0 aromatic heterocycles. The van der Waals surface area contributed by atoms with Crippen LogP contribution in [-0.2, 0) is 5.41 Å². The molecule has 0 amide bonds. The van der Waals surface area contributed by atoms with Crippen LogP contribution in [0.2, 0.25) is 0 Å². The second-order valence-electron chi connectivity index (χ2n) is 9.77. The maximum absolute atomic E-state index is 9.89. The van der Waals surface area contributed by atoms with Crippen molar-refractivity contribution in [1.82, 2.24) is 0 Å². The van der Waals surface area contributed by atoms with E-state index in [9.17, 15) is 20.1 Å². The van der Waals surface area contributed by atoms with Gasteiger partial charge in [0.25, 0.3) is 0 Å². The van der Waals surface area contributed by atoms with Gasteiger partial charge >= 0.3 is 14.2 Å². The van der Waals surface area contributed by atoms with Crippen LogP contribution in [0.25, 0.3) is 11.1 Å². The topological polar surface area (TPSA) is 80.9 Å². The van der Waals surface area contributed by atoms with Gasteiger partial charge in [0.2, 0.25) is 0 Å². The van der Waals surface area contributed by atoms with Crippen LogP contribution in [0, 0.1) is 0 Å². The summed E-state index contributed by atoms with van der Waals surface area (Å²) in [5.74, 6) is 0. The van der Waals surface area contributed by atoms with Crippen LogP contribution in [-0.4, -0.2) is 34.3 Å². The van der Waals surface area contributed by atoms with Crippen LogP contribution < -0.4 is 10.9 Å². The van der Waals surface area contributed by atoms with Gasteiger partial charge in [-0.1, -0.05) is 114 Å². The summed E-state index contributed by atoms with van der Waals surface area (Å²) in [5, 5.41) is 39.6. The summed E-state index contributed by atoms with van der Waals surface area (Å²) in [7, 11) is -3.00. The third kappa shape index (κ3) is 5.92. The molecule has 0 radical (unpaired) electrons. The number of benzene rings is 2. The van der Waals surface area contributed by atoms with Crippen LogP contribution in [0.4, 0.5) is 0 Å². The standard InChI is InChI=1S/C27H40B2O4/c1-3-5-7-9-11-17-27(18-12-10-8-6-4-2)25-19-21(28(30)31)13-15-23(25)24-16-14-22(29(32)33)20-26(24)27/h13-16,19-20,30-33H,3-12,17-18H2,1-2H3. The largest absolute Gasteiger partial charge is 0.488 e. The zero-order valence-corrected chi connectivity index (χ0v) is 20.4. The van der Waals surface area contributed by atoms with Gasteiger partial charge in [0.05, 0.1) is 0 Å². The van der Waals surface area contributed by atoms with E-state index in [-0.39, 0.29) is 5.41 Å². The van der Waals surface area contributed by atoms with E-state index in [0.29, 0.717) is 10.9 Å². The van der Waals surface area contributed by atoms with E-state index in [4.69, 9.17) is 0 Å². The first-order valence-electron chi connectivity index (χ1n) is 13.0. The molecule has 2 aromatic rings. The maximum Gasteiger partial charge on any atom is 0.488 e. The fourth-order valence-electron chi connectivity index (χ4n) is 5.58. The molecule has 0 aliphatic heterocycles. The van der Waals surface area contributed by atoms with Crippen molar-refractivity contribution in [3.8, 4) is 11.1 Å². The Hall–Kier alpha value is -1.59. The van der Waals surface area contributed by atoms with Crippen LogP contribution in [0.3, 0.4) is 0 Å². The molecule has 1 aliphatic rings. The van der Waals surface area contributed by atoms with E-state index < -0.39 is 14.2 Å². The van der Waals surface area contributed by atoms with Gasteiger partial charge in [-0.3, -0.25) is 0 Å². The van der Waals surface area contributed by atoms with Crippen LogP contribution in [0.15, 0.2) is 36.4 Å². The summed E-state index contributed by atoms with van der Waals surface area (Å²) in [6, 6.07) is 11.6. The molecule has 6 heteroatoms. The normalized spacial score (nSPS) is 13.6. The van der Waals surface area contributed by atoms with Crippen LogP contribution >= 0.6 is 0 Å². The molecule has 0 bridgehead atoms. The van der Waals surface area contributed by atoms with Crippen molar-refractivity contribution in [2.45, 2.75) is 96.3 Å².